The minimum Gasteiger partial charge on any atom is -0.366 e. The molecule has 2 N–H and O–H groups in total. The van der Waals surface area contributed by atoms with Crippen molar-refractivity contribution in [1.29, 1.82) is 0 Å². The standard InChI is InChI=1S/C27H26N6O2S/c1-32-14-6-8-18(16-32)30-22-12-11-19-24(34)23(26(35)29-15-17-7-4-5-13-28-17)27-33(25(19)31-22)20-9-2-3-10-21(20)36-27/h2-5,7,9-13,18H,6,8,14-16H2,1H3,(H,29,35)(H,30,31). The van der Waals surface area contributed by atoms with Crippen LogP contribution in [0.2, 0.25) is 0 Å². The van der Waals surface area contributed by atoms with Crippen LogP contribution in [0.1, 0.15) is 28.9 Å². The van der Waals surface area contributed by atoms with Gasteiger partial charge in [-0.2, -0.15) is 0 Å². The van der Waals surface area contributed by atoms with Gasteiger partial charge in [0.1, 0.15) is 16.2 Å². The number of hydrogen-bond acceptors (Lipinski definition) is 7. The Morgan fingerprint density at radius 3 is 2.83 bits per heavy atom. The van der Waals surface area contributed by atoms with E-state index in [0.717, 1.165) is 47.7 Å². The van der Waals surface area contributed by atoms with Crippen LogP contribution < -0.4 is 16.1 Å². The summed E-state index contributed by atoms with van der Waals surface area (Å²) in [5.74, 6) is 0.322. The third-order valence-electron chi connectivity index (χ3n) is 6.65. The molecule has 1 aromatic carbocycles. The summed E-state index contributed by atoms with van der Waals surface area (Å²) < 4.78 is 2.93. The first-order chi connectivity index (χ1) is 17.6. The summed E-state index contributed by atoms with van der Waals surface area (Å²) in [7, 11) is 2.13. The smallest absolute Gasteiger partial charge is 0.258 e. The SMILES string of the molecule is CN1CCCC(Nc2ccc3c(=O)c(C(=O)NCc4ccccn4)c4sc5ccccc5n4c3n2)C1. The molecule has 5 aromatic rings. The van der Waals surface area contributed by atoms with Crippen LogP contribution in [0.15, 0.2) is 65.6 Å². The highest BCUT2D eigenvalue weighted by Gasteiger charge is 2.23. The second kappa shape index (κ2) is 9.33. The molecule has 0 radical (unpaired) electrons. The minimum atomic E-state index is -0.413. The Hall–Kier alpha value is -3.82. The number of carbonyl (C=O) groups excluding carboxylic acids is 1. The van der Waals surface area contributed by atoms with Gasteiger partial charge in [-0.05, 0) is 62.8 Å². The second-order valence-corrected chi connectivity index (χ2v) is 10.3. The van der Waals surface area contributed by atoms with Gasteiger partial charge in [-0.3, -0.25) is 19.0 Å². The van der Waals surface area contributed by atoms with E-state index in [0.29, 0.717) is 21.9 Å². The number of pyridine rings is 3. The maximum Gasteiger partial charge on any atom is 0.258 e. The third-order valence-corrected chi connectivity index (χ3v) is 7.79. The lowest BCUT2D eigenvalue weighted by atomic mass is 10.1. The molecule has 0 saturated carbocycles. The van der Waals surface area contributed by atoms with Crippen LogP contribution in [-0.4, -0.2) is 51.4 Å². The molecule has 1 saturated heterocycles. The molecule has 1 unspecified atom stereocenters. The number of carbonyl (C=O) groups is 1. The Morgan fingerprint density at radius 2 is 2.00 bits per heavy atom. The molecule has 1 atom stereocenters. The lowest BCUT2D eigenvalue weighted by Crippen LogP contribution is -2.39. The van der Waals surface area contributed by atoms with E-state index >= 15 is 0 Å². The first kappa shape index (κ1) is 22.6. The zero-order chi connectivity index (χ0) is 24.6. The molecule has 1 aliphatic heterocycles. The molecule has 1 amide bonds. The molecule has 1 fully saturated rings. The quantitative estimate of drug-likeness (QED) is 0.382. The van der Waals surface area contributed by atoms with Gasteiger partial charge in [0.05, 0.1) is 27.8 Å². The Labute approximate surface area is 211 Å². The van der Waals surface area contributed by atoms with E-state index in [-0.39, 0.29) is 17.5 Å². The number of likely N-dealkylation sites (N-methyl/N-ethyl adjacent to an activating group) is 1. The van der Waals surface area contributed by atoms with E-state index in [4.69, 9.17) is 4.98 Å². The molecule has 9 heteroatoms. The van der Waals surface area contributed by atoms with E-state index in [1.165, 1.54) is 11.3 Å². The summed E-state index contributed by atoms with van der Waals surface area (Å²) in [6.45, 7) is 2.29. The van der Waals surface area contributed by atoms with Crippen LogP contribution in [0.5, 0.6) is 0 Å². The van der Waals surface area contributed by atoms with Crippen LogP contribution in [0.3, 0.4) is 0 Å². The number of benzene rings is 1. The first-order valence-electron chi connectivity index (χ1n) is 12.1. The van der Waals surface area contributed by atoms with Crippen molar-refractivity contribution in [2.75, 3.05) is 25.5 Å². The molecule has 6 rings (SSSR count). The van der Waals surface area contributed by atoms with Crippen molar-refractivity contribution in [3.8, 4) is 0 Å². The highest BCUT2D eigenvalue weighted by atomic mass is 32.1. The molecule has 5 heterocycles. The number of para-hydroxylation sites is 1. The number of fused-ring (bicyclic) bond motifs is 5. The summed E-state index contributed by atoms with van der Waals surface area (Å²) in [5, 5.41) is 6.86. The van der Waals surface area contributed by atoms with Gasteiger partial charge in [0.15, 0.2) is 5.65 Å². The number of piperidine rings is 1. The van der Waals surface area contributed by atoms with Gasteiger partial charge in [0.25, 0.3) is 5.91 Å². The van der Waals surface area contributed by atoms with Gasteiger partial charge in [0.2, 0.25) is 5.43 Å². The van der Waals surface area contributed by atoms with Gasteiger partial charge in [-0.25, -0.2) is 4.98 Å². The number of nitrogens with one attached hydrogen (secondary N) is 2. The predicted octanol–water partition coefficient (Wildman–Crippen LogP) is 3.89. The number of likely N-dealkylation sites (tertiary alicyclic amines) is 1. The molecule has 36 heavy (non-hydrogen) atoms. The zero-order valence-electron chi connectivity index (χ0n) is 19.9. The summed E-state index contributed by atoms with van der Waals surface area (Å²) in [5.41, 5.74) is 2.03. The van der Waals surface area contributed by atoms with Crippen molar-refractivity contribution in [1.82, 2.24) is 24.6 Å². The molecule has 0 spiro atoms. The zero-order valence-corrected chi connectivity index (χ0v) is 20.7. The maximum atomic E-state index is 13.7. The number of aromatic nitrogens is 3. The molecule has 4 aromatic heterocycles. The number of hydrogen-bond donors (Lipinski definition) is 2. The van der Waals surface area contributed by atoms with Crippen molar-refractivity contribution in [3.63, 3.8) is 0 Å². The van der Waals surface area contributed by atoms with E-state index < -0.39 is 5.91 Å². The fourth-order valence-corrected chi connectivity index (χ4v) is 6.11. The fourth-order valence-electron chi connectivity index (χ4n) is 4.92. The summed E-state index contributed by atoms with van der Waals surface area (Å²) >= 11 is 1.43. The largest absolute Gasteiger partial charge is 0.366 e. The van der Waals surface area contributed by atoms with Crippen molar-refractivity contribution in [3.05, 3.63) is 82.3 Å². The first-order valence-corrected chi connectivity index (χ1v) is 12.9. The van der Waals surface area contributed by atoms with Crippen molar-refractivity contribution >= 4 is 49.1 Å². The second-order valence-electron chi connectivity index (χ2n) is 9.23. The average molecular weight is 499 g/mol. The van der Waals surface area contributed by atoms with Crippen LogP contribution in [0.4, 0.5) is 5.82 Å². The van der Waals surface area contributed by atoms with Gasteiger partial charge in [0, 0.05) is 18.8 Å². The molecule has 0 bridgehead atoms. The molecule has 0 aliphatic carbocycles. The van der Waals surface area contributed by atoms with E-state index in [1.807, 2.05) is 52.9 Å². The van der Waals surface area contributed by atoms with E-state index in [9.17, 15) is 9.59 Å². The van der Waals surface area contributed by atoms with E-state index in [2.05, 4.69) is 27.6 Å². The van der Waals surface area contributed by atoms with Gasteiger partial charge < -0.3 is 15.5 Å². The van der Waals surface area contributed by atoms with Crippen LogP contribution in [-0.2, 0) is 6.54 Å². The Morgan fingerprint density at radius 1 is 1.14 bits per heavy atom. The lowest BCUT2D eigenvalue weighted by Gasteiger charge is -2.30. The number of rotatable bonds is 5. The summed E-state index contributed by atoms with van der Waals surface area (Å²) in [4.78, 5) is 39.1. The number of nitrogens with zero attached hydrogens (tertiary/aromatic N) is 4. The fraction of sp³-hybridized carbons (Fsp3) is 0.259. The highest BCUT2D eigenvalue weighted by molar-refractivity contribution is 7.24. The number of thiazole rings is 1. The van der Waals surface area contributed by atoms with Gasteiger partial charge >= 0.3 is 0 Å². The minimum absolute atomic E-state index is 0.135. The molecule has 182 valence electrons. The Bertz CT molecular complexity index is 1650. The summed E-state index contributed by atoms with van der Waals surface area (Å²) in [6, 6.07) is 17.4. The van der Waals surface area contributed by atoms with Gasteiger partial charge in [-0.15, -0.1) is 11.3 Å². The van der Waals surface area contributed by atoms with Crippen molar-refractivity contribution in [2.24, 2.45) is 0 Å². The predicted molar refractivity (Wildman–Crippen MR) is 144 cm³/mol. The summed E-state index contributed by atoms with van der Waals surface area (Å²) in [6.07, 6.45) is 3.90. The van der Waals surface area contributed by atoms with Crippen molar-refractivity contribution < 1.29 is 4.79 Å². The third kappa shape index (κ3) is 4.10. The Kier molecular flexibility index (Phi) is 5.86. The molecule has 1 aliphatic rings. The van der Waals surface area contributed by atoms with Crippen LogP contribution in [0, 0.1) is 0 Å². The molecule has 8 nitrogen and oxygen atoms in total. The monoisotopic (exact) mass is 498 g/mol. The number of anilines is 1. The lowest BCUT2D eigenvalue weighted by molar-refractivity contribution is 0.0951. The van der Waals surface area contributed by atoms with Gasteiger partial charge in [-0.1, -0.05) is 18.2 Å². The topological polar surface area (TPSA) is 91.6 Å². The van der Waals surface area contributed by atoms with E-state index in [1.54, 1.807) is 12.3 Å². The Balaban J connectivity index is 1.47. The number of amides is 1. The van der Waals surface area contributed by atoms with Crippen LogP contribution >= 0.6 is 11.3 Å². The molecular weight excluding hydrogens is 472 g/mol. The average Bonchev–Trinajstić information content (AvgIpc) is 3.27. The van der Waals surface area contributed by atoms with Crippen LogP contribution in [0.25, 0.3) is 26.1 Å². The van der Waals surface area contributed by atoms with Crippen molar-refractivity contribution in [2.45, 2.75) is 25.4 Å². The normalized spacial score (nSPS) is 16.5. The maximum absolute atomic E-state index is 13.7. The molecular formula is C27H26N6O2S. The highest BCUT2D eigenvalue weighted by Crippen LogP contribution is 2.31.